The second-order valence-corrected chi connectivity index (χ2v) is 8.20. The predicted molar refractivity (Wildman–Crippen MR) is 94.2 cm³/mol. The van der Waals surface area contributed by atoms with E-state index in [0.717, 1.165) is 22.0 Å². The van der Waals surface area contributed by atoms with Gasteiger partial charge >= 0.3 is 0 Å². The second kappa shape index (κ2) is 7.33. The summed E-state index contributed by atoms with van der Waals surface area (Å²) in [4.78, 5) is 0. The van der Waals surface area contributed by atoms with Crippen LogP contribution in [0.3, 0.4) is 0 Å². The molecule has 0 amide bonds. The van der Waals surface area contributed by atoms with Crippen molar-refractivity contribution in [3.05, 3.63) is 48.6 Å². The SMILES string of the molecule is C1=CC2CCC(OC[Si]COC3CCC4C=CC=CC43)C2C=C1. The predicted octanol–water partition coefficient (Wildman–Crippen LogP) is 3.68. The Balaban J connectivity index is 1.15. The van der Waals surface area contributed by atoms with Crippen molar-refractivity contribution < 1.29 is 9.47 Å². The van der Waals surface area contributed by atoms with Crippen molar-refractivity contribution in [2.75, 3.05) is 12.5 Å². The number of rotatable bonds is 6. The van der Waals surface area contributed by atoms with E-state index in [0.29, 0.717) is 35.9 Å². The first-order valence-electron chi connectivity index (χ1n) is 9.06. The van der Waals surface area contributed by atoms with E-state index >= 15 is 0 Å². The van der Waals surface area contributed by atoms with Crippen LogP contribution in [0.1, 0.15) is 25.7 Å². The van der Waals surface area contributed by atoms with Gasteiger partial charge in [0, 0.05) is 24.3 Å². The van der Waals surface area contributed by atoms with Crippen LogP contribution in [0.15, 0.2) is 48.6 Å². The Morgan fingerprint density at radius 3 is 1.65 bits per heavy atom. The van der Waals surface area contributed by atoms with Gasteiger partial charge in [-0.1, -0.05) is 48.6 Å². The van der Waals surface area contributed by atoms with Gasteiger partial charge in [0.1, 0.15) is 9.52 Å². The summed E-state index contributed by atoms with van der Waals surface area (Å²) in [7, 11) is 0.761. The molecule has 2 radical (unpaired) electrons. The van der Waals surface area contributed by atoms with Gasteiger partial charge in [-0.3, -0.25) is 0 Å². The molecular formula is C20H26O2Si. The van der Waals surface area contributed by atoms with Gasteiger partial charge in [0.05, 0.1) is 12.2 Å². The summed E-state index contributed by atoms with van der Waals surface area (Å²) in [5.74, 6) is 2.65. The first-order chi connectivity index (χ1) is 11.4. The molecular weight excluding hydrogens is 300 g/mol. The molecule has 4 aliphatic rings. The number of fused-ring (bicyclic) bond motifs is 2. The molecule has 2 fully saturated rings. The molecule has 4 aliphatic carbocycles. The average molecular weight is 327 g/mol. The second-order valence-electron chi connectivity index (χ2n) is 7.13. The van der Waals surface area contributed by atoms with Crippen molar-refractivity contribution in [1.29, 1.82) is 0 Å². The minimum Gasteiger partial charge on any atom is -0.381 e. The van der Waals surface area contributed by atoms with Crippen LogP contribution in [0.2, 0.25) is 0 Å². The Morgan fingerprint density at radius 1 is 0.652 bits per heavy atom. The molecule has 0 saturated heterocycles. The molecule has 0 N–H and O–H groups in total. The molecule has 0 aromatic heterocycles. The number of hydrogen-bond donors (Lipinski definition) is 0. The van der Waals surface area contributed by atoms with Crippen LogP contribution in [0, 0.1) is 23.7 Å². The molecule has 2 saturated carbocycles. The summed E-state index contributed by atoms with van der Waals surface area (Å²) < 4.78 is 12.3. The molecule has 0 aromatic carbocycles. The highest BCUT2D eigenvalue weighted by atomic mass is 28.2. The van der Waals surface area contributed by atoms with Gasteiger partial charge in [-0.15, -0.1) is 0 Å². The van der Waals surface area contributed by atoms with E-state index in [9.17, 15) is 0 Å². The third-order valence-corrected chi connectivity index (χ3v) is 6.56. The average Bonchev–Trinajstić information content (AvgIpc) is 3.19. The highest BCUT2D eigenvalue weighted by molar-refractivity contribution is 6.34. The number of allylic oxidation sites excluding steroid dienone is 6. The maximum Gasteiger partial charge on any atom is 0.108 e. The molecule has 6 atom stereocenters. The Hall–Kier alpha value is -0.903. The first kappa shape index (κ1) is 15.6. The molecule has 6 unspecified atom stereocenters. The maximum atomic E-state index is 6.17. The van der Waals surface area contributed by atoms with Crippen LogP contribution in [0.25, 0.3) is 0 Å². The lowest BCUT2D eigenvalue weighted by Crippen LogP contribution is -2.27. The maximum absolute atomic E-state index is 6.17. The van der Waals surface area contributed by atoms with Crippen LogP contribution in [0.4, 0.5) is 0 Å². The number of ether oxygens (including phenoxy) is 2. The summed E-state index contributed by atoms with van der Waals surface area (Å²) in [6.07, 6.45) is 25.6. The summed E-state index contributed by atoms with van der Waals surface area (Å²) in [5, 5.41) is 0. The Bertz CT molecular complexity index is 476. The molecule has 2 nitrogen and oxygen atoms in total. The third kappa shape index (κ3) is 3.47. The molecule has 4 rings (SSSR count). The molecule has 0 aliphatic heterocycles. The van der Waals surface area contributed by atoms with Crippen molar-refractivity contribution in [2.45, 2.75) is 37.9 Å². The minimum atomic E-state index is 0.427. The molecule has 0 aromatic rings. The highest BCUT2D eigenvalue weighted by Crippen LogP contribution is 2.38. The minimum absolute atomic E-state index is 0.427. The molecule has 3 heteroatoms. The van der Waals surface area contributed by atoms with Crippen molar-refractivity contribution in [3.8, 4) is 0 Å². The van der Waals surface area contributed by atoms with Crippen LogP contribution in [-0.4, -0.2) is 34.2 Å². The van der Waals surface area contributed by atoms with Crippen LogP contribution in [-0.2, 0) is 9.47 Å². The van der Waals surface area contributed by atoms with Gasteiger partial charge in [0.15, 0.2) is 0 Å². The molecule has 0 spiro atoms. The molecule has 23 heavy (non-hydrogen) atoms. The zero-order chi connectivity index (χ0) is 15.5. The van der Waals surface area contributed by atoms with Gasteiger partial charge in [-0.2, -0.15) is 0 Å². The van der Waals surface area contributed by atoms with E-state index in [1.807, 2.05) is 0 Å². The van der Waals surface area contributed by atoms with Gasteiger partial charge in [0.25, 0.3) is 0 Å². The highest BCUT2D eigenvalue weighted by Gasteiger charge is 2.35. The van der Waals surface area contributed by atoms with E-state index in [1.165, 1.54) is 25.7 Å². The zero-order valence-electron chi connectivity index (χ0n) is 13.6. The van der Waals surface area contributed by atoms with Gasteiger partial charge in [0.2, 0.25) is 0 Å². The van der Waals surface area contributed by atoms with Gasteiger partial charge in [-0.05, 0) is 37.5 Å². The standard InChI is InChI=1S/C20H26O2Si/c1-3-7-17-15(5-1)9-11-19(17)21-13-23-14-22-20-12-10-16-6-2-4-8-18(16)20/h1-8,15-20H,9-14H2. The third-order valence-electron chi connectivity index (χ3n) is 5.82. The normalized spacial score (nSPS) is 40.5. The Labute approximate surface area is 142 Å². The van der Waals surface area contributed by atoms with Crippen molar-refractivity contribution in [2.24, 2.45) is 23.7 Å². The van der Waals surface area contributed by atoms with Crippen LogP contribution in [0.5, 0.6) is 0 Å². The summed E-state index contributed by atoms with van der Waals surface area (Å²) >= 11 is 0. The van der Waals surface area contributed by atoms with Crippen LogP contribution < -0.4 is 0 Å². The topological polar surface area (TPSA) is 18.5 Å². The van der Waals surface area contributed by atoms with E-state index < -0.39 is 0 Å². The molecule has 0 bridgehead atoms. The fourth-order valence-corrected chi connectivity index (χ4v) is 5.33. The number of hydrogen-bond acceptors (Lipinski definition) is 2. The lowest BCUT2D eigenvalue weighted by Gasteiger charge is -2.23. The van der Waals surface area contributed by atoms with Crippen molar-refractivity contribution >= 4 is 9.52 Å². The van der Waals surface area contributed by atoms with E-state index in [2.05, 4.69) is 48.6 Å². The molecule has 0 heterocycles. The van der Waals surface area contributed by atoms with Gasteiger partial charge < -0.3 is 9.47 Å². The quantitative estimate of drug-likeness (QED) is 0.547. The fourth-order valence-electron chi connectivity index (χ4n) is 4.58. The zero-order valence-corrected chi connectivity index (χ0v) is 14.6. The van der Waals surface area contributed by atoms with Crippen molar-refractivity contribution in [3.63, 3.8) is 0 Å². The fraction of sp³-hybridized carbons (Fsp3) is 0.600. The summed E-state index contributed by atoms with van der Waals surface area (Å²) in [6, 6.07) is 0. The first-order valence-corrected chi connectivity index (χ1v) is 10.5. The monoisotopic (exact) mass is 326 g/mol. The molecule has 122 valence electrons. The van der Waals surface area contributed by atoms with Crippen molar-refractivity contribution in [1.82, 2.24) is 0 Å². The lowest BCUT2D eigenvalue weighted by atomic mass is 9.91. The summed E-state index contributed by atoms with van der Waals surface area (Å²) in [6.45, 7) is 0. The van der Waals surface area contributed by atoms with Crippen LogP contribution >= 0.6 is 0 Å². The Kier molecular flexibility index (Phi) is 4.98. The van der Waals surface area contributed by atoms with E-state index in [1.54, 1.807) is 0 Å². The van der Waals surface area contributed by atoms with E-state index in [4.69, 9.17) is 9.47 Å². The summed E-state index contributed by atoms with van der Waals surface area (Å²) in [5.41, 5.74) is 0. The van der Waals surface area contributed by atoms with Gasteiger partial charge in [-0.25, -0.2) is 0 Å². The Morgan fingerprint density at radius 2 is 1.13 bits per heavy atom. The lowest BCUT2D eigenvalue weighted by molar-refractivity contribution is 0.0508. The van der Waals surface area contributed by atoms with E-state index in [-0.39, 0.29) is 0 Å². The smallest absolute Gasteiger partial charge is 0.108 e. The largest absolute Gasteiger partial charge is 0.381 e.